The van der Waals surface area contributed by atoms with Crippen LogP contribution in [0.4, 0.5) is 0 Å². The van der Waals surface area contributed by atoms with E-state index in [2.05, 4.69) is 34.5 Å². The number of aliphatic hydroxyl groups is 1. The molecule has 1 aromatic rings. The zero-order chi connectivity index (χ0) is 15.1. The van der Waals surface area contributed by atoms with E-state index in [1.54, 1.807) is 0 Å². The molecule has 0 radical (unpaired) electrons. The lowest BCUT2D eigenvalue weighted by atomic mass is 9.96. The van der Waals surface area contributed by atoms with Gasteiger partial charge in [-0.3, -0.25) is 9.69 Å². The van der Waals surface area contributed by atoms with Crippen molar-refractivity contribution in [3.05, 3.63) is 35.9 Å². The predicted molar refractivity (Wildman–Crippen MR) is 83.8 cm³/mol. The van der Waals surface area contributed by atoms with Crippen molar-refractivity contribution in [3.63, 3.8) is 0 Å². The molecule has 2 unspecified atom stereocenters. The molecule has 1 saturated heterocycles. The minimum Gasteiger partial charge on any atom is -0.396 e. The van der Waals surface area contributed by atoms with E-state index in [1.165, 1.54) is 5.56 Å². The molecule has 0 spiro atoms. The quantitative estimate of drug-likeness (QED) is 0.840. The van der Waals surface area contributed by atoms with Crippen molar-refractivity contribution in [1.82, 2.24) is 10.2 Å². The molecule has 1 aliphatic heterocycles. The van der Waals surface area contributed by atoms with Gasteiger partial charge in [-0.1, -0.05) is 30.3 Å². The lowest BCUT2D eigenvalue weighted by Gasteiger charge is -2.32. The Balaban J connectivity index is 1.84. The number of amides is 1. The first-order chi connectivity index (χ1) is 10.2. The van der Waals surface area contributed by atoms with Gasteiger partial charge >= 0.3 is 0 Å². The molecule has 116 valence electrons. The fraction of sp³-hybridized carbons (Fsp3) is 0.588. The number of piperidine rings is 1. The zero-order valence-electron chi connectivity index (χ0n) is 12.8. The van der Waals surface area contributed by atoms with Gasteiger partial charge in [-0.05, 0) is 38.3 Å². The highest BCUT2D eigenvalue weighted by atomic mass is 16.3. The van der Waals surface area contributed by atoms with Crippen LogP contribution in [-0.4, -0.2) is 41.7 Å². The number of carbonyl (C=O) groups excluding carboxylic acids is 1. The zero-order valence-corrected chi connectivity index (χ0v) is 12.8. The van der Waals surface area contributed by atoms with Crippen molar-refractivity contribution < 1.29 is 9.90 Å². The van der Waals surface area contributed by atoms with Gasteiger partial charge in [0.05, 0.1) is 5.92 Å². The second-order valence-corrected chi connectivity index (χ2v) is 5.98. The fourth-order valence-electron chi connectivity index (χ4n) is 2.88. The summed E-state index contributed by atoms with van der Waals surface area (Å²) in [7, 11) is 0. The molecule has 1 amide bonds. The van der Waals surface area contributed by atoms with Gasteiger partial charge in [0.25, 0.3) is 0 Å². The molecule has 1 fully saturated rings. The predicted octanol–water partition coefficient (Wildman–Crippen LogP) is 1.79. The second-order valence-electron chi connectivity index (χ2n) is 5.98. The second kappa shape index (κ2) is 8.15. The Kier molecular flexibility index (Phi) is 6.21. The van der Waals surface area contributed by atoms with Crippen LogP contribution >= 0.6 is 0 Å². The summed E-state index contributed by atoms with van der Waals surface area (Å²) in [5.41, 5.74) is 1.30. The minimum absolute atomic E-state index is 0.0481. The van der Waals surface area contributed by atoms with Crippen LogP contribution in [0.15, 0.2) is 30.3 Å². The highest BCUT2D eigenvalue weighted by molar-refractivity contribution is 5.79. The van der Waals surface area contributed by atoms with E-state index in [-0.39, 0.29) is 24.5 Å². The van der Waals surface area contributed by atoms with E-state index >= 15 is 0 Å². The molecule has 1 aliphatic rings. The van der Waals surface area contributed by atoms with E-state index in [4.69, 9.17) is 5.11 Å². The fourth-order valence-corrected chi connectivity index (χ4v) is 2.88. The van der Waals surface area contributed by atoms with Crippen LogP contribution in [-0.2, 0) is 11.3 Å². The third-order valence-electron chi connectivity index (χ3n) is 4.08. The molecule has 2 atom stereocenters. The number of hydrogen-bond acceptors (Lipinski definition) is 3. The summed E-state index contributed by atoms with van der Waals surface area (Å²) >= 11 is 0. The number of nitrogens with zero attached hydrogens (tertiary/aromatic N) is 1. The molecular formula is C17H26N2O2. The summed E-state index contributed by atoms with van der Waals surface area (Å²) in [4.78, 5) is 14.6. The van der Waals surface area contributed by atoms with Gasteiger partial charge < -0.3 is 10.4 Å². The Morgan fingerprint density at radius 1 is 1.43 bits per heavy atom. The van der Waals surface area contributed by atoms with Gasteiger partial charge in [0.1, 0.15) is 0 Å². The normalized spacial score (nSPS) is 21.0. The number of carbonyl (C=O) groups is 1. The van der Waals surface area contributed by atoms with Gasteiger partial charge in [-0.2, -0.15) is 0 Å². The van der Waals surface area contributed by atoms with Crippen LogP contribution in [0.1, 0.15) is 31.7 Å². The SMILES string of the molecule is CC(CCO)NC(=O)C1CCCN(Cc2ccccc2)C1. The summed E-state index contributed by atoms with van der Waals surface area (Å²) in [5.74, 6) is 0.206. The Labute approximate surface area is 127 Å². The summed E-state index contributed by atoms with van der Waals surface area (Å²) in [6.45, 7) is 4.86. The average molecular weight is 290 g/mol. The van der Waals surface area contributed by atoms with E-state index in [9.17, 15) is 4.79 Å². The maximum absolute atomic E-state index is 12.3. The molecule has 0 bridgehead atoms. The van der Waals surface area contributed by atoms with Crippen LogP contribution in [0.2, 0.25) is 0 Å². The van der Waals surface area contributed by atoms with Crippen LogP contribution < -0.4 is 5.32 Å². The van der Waals surface area contributed by atoms with Crippen molar-refractivity contribution in [1.29, 1.82) is 0 Å². The number of nitrogens with one attached hydrogen (secondary N) is 1. The van der Waals surface area contributed by atoms with Crippen LogP contribution in [0.25, 0.3) is 0 Å². The van der Waals surface area contributed by atoms with Crippen molar-refractivity contribution in [2.45, 2.75) is 38.8 Å². The molecular weight excluding hydrogens is 264 g/mol. The maximum atomic E-state index is 12.3. The topological polar surface area (TPSA) is 52.6 Å². The molecule has 0 saturated carbocycles. The third-order valence-corrected chi connectivity index (χ3v) is 4.08. The lowest BCUT2D eigenvalue weighted by molar-refractivity contribution is -0.127. The number of likely N-dealkylation sites (tertiary alicyclic amines) is 1. The van der Waals surface area contributed by atoms with Gasteiger partial charge in [0, 0.05) is 25.7 Å². The molecule has 1 heterocycles. The maximum Gasteiger partial charge on any atom is 0.224 e. The molecule has 4 nitrogen and oxygen atoms in total. The van der Waals surface area contributed by atoms with Gasteiger partial charge in [0.2, 0.25) is 5.91 Å². The molecule has 21 heavy (non-hydrogen) atoms. The van der Waals surface area contributed by atoms with Crippen molar-refractivity contribution >= 4 is 5.91 Å². The number of hydrogen-bond donors (Lipinski definition) is 2. The van der Waals surface area contributed by atoms with Gasteiger partial charge in [-0.15, -0.1) is 0 Å². The molecule has 1 aromatic carbocycles. The summed E-state index contributed by atoms with van der Waals surface area (Å²) in [6, 6.07) is 10.4. The van der Waals surface area contributed by atoms with Crippen LogP contribution in [0.5, 0.6) is 0 Å². The average Bonchev–Trinajstić information content (AvgIpc) is 2.49. The first-order valence-electron chi connectivity index (χ1n) is 7.86. The van der Waals surface area contributed by atoms with E-state index in [1.807, 2.05) is 13.0 Å². The standard InChI is InChI=1S/C17H26N2O2/c1-14(9-11-20)18-17(21)16-8-5-10-19(13-16)12-15-6-3-2-4-7-15/h2-4,6-7,14,16,20H,5,8-13H2,1H3,(H,18,21). The molecule has 0 aliphatic carbocycles. The monoisotopic (exact) mass is 290 g/mol. The van der Waals surface area contributed by atoms with Crippen molar-refractivity contribution in [3.8, 4) is 0 Å². The Morgan fingerprint density at radius 2 is 2.19 bits per heavy atom. The number of aliphatic hydroxyl groups excluding tert-OH is 1. The summed E-state index contributed by atoms with van der Waals surface area (Å²) in [6.07, 6.45) is 2.65. The van der Waals surface area contributed by atoms with E-state index in [0.29, 0.717) is 6.42 Å². The molecule has 2 N–H and O–H groups in total. The first-order valence-corrected chi connectivity index (χ1v) is 7.86. The lowest BCUT2D eigenvalue weighted by Crippen LogP contribution is -2.45. The largest absolute Gasteiger partial charge is 0.396 e. The number of benzene rings is 1. The highest BCUT2D eigenvalue weighted by Gasteiger charge is 2.26. The Bertz CT molecular complexity index is 436. The molecule has 0 aromatic heterocycles. The van der Waals surface area contributed by atoms with Gasteiger partial charge in [-0.25, -0.2) is 0 Å². The van der Waals surface area contributed by atoms with Crippen LogP contribution in [0, 0.1) is 5.92 Å². The van der Waals surface area contributed by atoms with Crippen molar-refractivity contribution in [2.24, 2.45) is 5.92 Å². The Hall–Kier alpha value is -1.39. The first kappa shape index (κ1) is 16.0. The van der Waals surface area contributed by atoms with E-state index in [0.717, 1.165) is 32.5 Å². The molecule has 2 rings (SSSR count). The summed E-state index contributed by atoms with van der Waals surface area (Å²) in [5, 5.41) is 11.9. The molecule has 4 heteroatoms. The van der Waals surface area contributed by atoms with Crippen LogP contribution in [0.3, 0.4) is 0 Å². The highest BCUT2D eigenvalue weighted by Crippen LogP contribution is 2.19. The third kappa shape index (κ3) is 5.14. The minimum atomic E-state index is 0.0481. The summed E-state index contributed by atoms with van der Waals surface area (Å²) < 4.78 is 0. The Morgan fingerprint density at radius 3 is 2.90 bits per heavy atom. The van der Waals surface area contributed by atoms with E-state index < -0.39 is 0 Å². The smallest absolute Gasteiger partial charge is 0.224 e. The number of rotatable bonds is 6. The van der Waals surface area contributed by atoms with Crippen molar-refractivity contribution in [2.75, 3.05) is 19.7 Å². The van der Waals surface area contributed by atoms with Gasteiger partial charge in [0.15, 0.2) is 0 Å².